The number of hydrogen-bond donors (Lipinski definition) is 1. The van der Waals surface area contributed by atoms with E-state index in [4.69, 9.17) is 5.73 Å². The molecule has 0 aliphatic heterocycles. The molecule has 21 heavy (non-hydrogen) atoms. The third-order valence-corrected chi connectivity index (χ3v) is 5.73. The molecule has 1 fully saturated rings. The van der Waals surface area contributed by atoms with Gasteiger partial charge in [0.1, 0.15) is 0 Å². The molecule has 2 rings (SSSR count). The maximum absolute atomic E-state index is 13.8. The van der Waals surface area contributed by atoms with Crippen LogP contribution < -0.4 is 5.73 Å². The third kappa shape index (κ3) is 3.78. The first-order chi connectivity index (χ1) is 10.1. The van der Waals surface area contributed by atoms with Gasteiger partial charge in [0.05, 0.1) is 0 Å². The van der Waals surface area contributed by atoms with Gasteiger partial charge in [0.15, 0.2) is 5.82 Å². The predicted molar refractivity (Wildman–Crippen MR) is 78.6 cm³/mol. The number of rotatable bonds is 6. The number of nitrogens with two attached hydrogens (primary N) is 1. The smallest absolute Gasteiger partial charge is 0.263 e. The van der Waals surface area contributed by atoms with Crippen LogP contribution in [0.15, 0.2) is 23.4 Å². The summed E-state index contributed by atoms with van der Waals surface area (Å²) in [6, 6.07) is 2.44. The van der Waals surface area contributed by atoms with Gasteiger partial charge in [-0.2, -0.15) is 4.31 Å². The number of sulfonamides is 1. The van der Waals surface area contributed by atoms with E-state index in [0.29, 0.717) is 19.5 Å². The second-order valence-electron chi connectivity index (χ2n) is 5.34. The summed E-state index contributed by atoms with van der Waals surface area (Å²) in [4.78, 5) is 3.74. The van der Waals surface area contributed by atoms with Crippen molar-refractivity contribution in [3.8, 4) is 0 Å². The number of nitrogens with zero attached hydrogens (tertiary/aromatic N) is 2. The highest BCUT2D eigenvalue weighted by Crippen LogP contribution is 2.28. The summed E-state index contributed by atoms with van der Waals surface area (Å²) >= 11 is 0. The Morgan fingerprint density at radius 3 is 2.67 bits per heavy atom. The van der Waals surface area contributed by atoms with Gasteiger partial charge in [-0.1, -0.05) is 19.3 Å². The average molecular weight is 315 g/mol. The van der Waals surface area contributed by atoms with Crippen LogP contribution in [0, 0.1) is 5.82 Å². The van der Waals surface area contributed by atoms with E-state index in [1.807, 2.05) is 0 Å². The van der Waals surface area contributed by atoms with Gasteiger partial charge in [-0.25, -0.2) is 17.8 Å². The second kappa shape index (κ2) is 7.29. The van der Waals surface area contributed by atoms with Crippen molar-refractivity contribution in [2.45, 2.75) is 49.6 Å². The van der Waals surface area contributed by atoms with E-state index in [1.165, 1.54) is 16.6 Å². The summed E-state index contributed by atoms with van der Waals surface area (Å²) in [5, 5.41) is -0.479. The lowest BCUT2D eigenvalue weighted by atomic mass is 9.95. The highest BCUT2D eigenvalue weighted by atomic mass is 32.2. The molecule has 0 saturated heterocycles. The molecule has 0 unspecified atom stereocenters. The van der Waals surface area contributed by atoms with Gasteiger partial charge in [0.2, 0.25) is 5.03 Å². The Balaban J connectivity index is 2.32. The van der Waals surface area contributed by atoms with Gasteiger partial charge in [-0.3, -0.25) is 0 Å². The van der Waals surface area contributed by atoms with Gasteiger partial charge in [-0.15, -0.1) is 0 Å². The van der Waals surface area contributed by atoms with Crippen molar-refractivity contribution in [1.29, 1.82) is 0 Å². The summed E-state index contributed by atoms with van der Waals surface area (Å²) in [7, 11) is -3.91. The Morgan fingerprint density at radius 1 is 1.33 bits per heavy atom. The van der Waals surface area contributed by atoms with E-state index >= 15 is 0 Å². The van der Waals surface area contributed by atoms with Crippen LogP contribution in [0.2, 0.25) is 0 Å². The molecular formula is C14H22FN3O2S. The van der Waals surface area contributed by atoms with E-state index in [2.05, 4.69) is 4.98 Å². The zero-order valence-electron chi connectivity index (χ0n) is 12.0. The molecule has 1 aromatic heterocycles. The molecule has 1 saturated carbocycles. The fourth-order valence-corrected chi connectivity index (χ4v) is 4.49. The Morgan fingerprint density at radius 2 is 2.05 bits per heavy atom. The molecule has 0 spiro atoms. The molecule has 0 amide bonds. The highest BCUT2D eigenvalue weighted by molar-refractivity contribution is 7.89. The Kier molecular flexibility index (Phi) is 5.66. The van der Waals surface area contributed by atoms with Crippen LogP contribution in [0.25, 0.3) is 0 Å². The van der Waals surface area contributed by atoms with Crippen LogP contribution in [-0.2, 0) is 10.0 Å². The van der Waals surface area contributed by atoms with E-state index < -0.39 is 20.9 Å². The minimum absolute atomic E-state index is 0.0725. The van der Waals surface area contributed by atoms with E-state index in [0.717, 1.165) is 38.2 Å². The minimum Gasteiger partial charge on any atom is -0.330 e. The third-order valence-electron chi connectivity index (χ3n) is 3.84. The van der Waals surface area contributed by atoms with Gasteiger partial charge < -0.3 is 5.73 Å². The summed E-state index contributed by atoms with van der Waals surface area (Å²) in [5.74, 6) is -0.800. The number of hydrogen-bond acceptors (Lipinski definition) is 4. The Bertz CT molecular complexity index is 559. The maximum Gasteiger partial charge on any atom is 0.263 e. The van der Waals surface area contributed by atoms with Crippen molar-refractivity contribution in [3.05, 3.63) is 24.1 Å². The Labute approximate surface area is 125 Å². The van der Waals surface area contributed by atoms with Crippen LogP contribution in [0.3, 0.4) is 0 Å². The molecule has 1 heterocycles. The van der Waals surface area contributed by atoms with Gasteiger partial charge >= 0.3 is 0 Å². The normalized spacial score (nSPS) is 17.3. The van der Waals surface area contributed by atoms with Gasteiger partial charge in [-0.05, 0) is 37.9 Å². The molecule has 2 N–H and O–H groups in total. The average Bonchev–Trinajstić information content (AvgIpc) is 2.49. The molecule has 5 nitrogen and oxygen atoms in total. The zero-order valence-corrected chi connectivity index (χ0v) is 12.9. The fourth-order valence-electron chi connectivity index (χ4n) is 2.79. The van der Waals surface area contributed by atoms with Gasteiger partial charge in [0.25, 0.3) is 10.0 Å². The fraction of sp³-hybridized carbons (Fsp3) is 0.643. The topological polar surface area (TPSA) is 76.3 Å². The maximum atomic E-state index is 13.8. The lowest BCUT2D eigenvalue weighted by Crippen LogP contribution is -2.43. The molecule has 1 aliphatic rings. The molecule has 0 aromatic carbocycles. The van der Waals surface area contributed by atoms with E-state index in [1.54, 1.807) is 0 Å². The zero-order chi connectivity index (χ0) is 15.3. The molecule has 0 bridgehead atoms. The molecular weight excluding hydrogens is 293 g/mol. The van der Waals surface area contributed by atoms with Crippen molar-refractivity contribution >= 4 is 10.0 Å². The van der Waals surface area contributed by atoms with E-state index in [-0.39, 0.29) is 6.04 Å². The second-order valence-corrected chi connectivity index (χ2v) is 7.15. The van der Waals surface area contributed by atoms with Crippen LogP contribution >= 0.6 is 0 Å². The van der Waals surface area contributed by atoms with Crippen LogP contribution in [0.1, 0.15) is 38.5 Å². The standard InChI is InChI=1S/C14H22FN3O2S/c15-13-8-4-10-17-14(13)21(19,20)18(11-5-9-16)12-6-2-1-3-7-12/h4,8,10,12H,1-3,5-7,9,11,16H2. The first kappa shape index (κ1) is 16.3. The Hall–Kier alpha value is -1.05. The monoisotopic (exact) mass is 315 g/mol. The highest BCUT2D eigenvalue weighted by Gasteiger charge is 2.34. The molecule has 1 aromatic rings. The first-order valence-corrected chi connectivity index (χ1v) is 8.84. The summed E-state index contributed by atoms with van der Waals surface area (Å²) in [6.07, 6.45) is 6.63. The summed E-state index contributed by atoms with van der Waals surface area (Å²) < 4.78 is 40.7. The number of aromatic nitrogens is 1. The van der Waals surface area contributed by atoms with Crippen LogP contribution in [0.5, 0.6) is 0 Å². The van der Waals surface area contributed by atoms with Gasteiger partial charge in [0, 0.05) is 18.8 Å². The minimum atomic E-state index is -3.91. The summed E-state index contributed by atoms with van der Waals surface area (Å²) in [6.45, 7) is 0.725. The van der Waals surface area contributed by atoms with E-state index in [9.17, 15) is 12.8 Å². The molecule has 0 radical (unpaired) electrons. The number of pyridine rings is 1. The van der Waals surface area contributed by atoms with Crippen LogP contribution in [0.4, 0.5) is 4.39 Å². The van der Waals surface area contributed by atoms with Crippen molar-refractivity contribution < 1.29 is 12.8 Å². The van der Waals surface area contributed by atoms with Crippen molar-refractivity contribution in [2.75, 3.05) is 13.1 Å². The number of halogens is 1. The van der Waals surface area contributed by atoms with Crippen molar-refractivity contribution in [3.63, 3.8) is 0 Å². The van der Waals surface area contributed by atoms with Crippen molar-refractivity contribution in [2.24, 2.45) is 5.73 Å². The molecule has 1 aliphatic carbocycles. The quantitative estimate of drug-likeness (QED) is 0.870. The lowest BCUT2D eigenvalue weighted by molar-refractivity contribution is 0.250. The predicted octanol–water partition coefficient (Wildman–Crippen LogP) is 1.89. The molecule has 118 valence electrons. The van der Waals surface area contributed by atoms with Crippen LogP contribution in [-0.4, -0.2) is 36.8 Å². The summed E-state index contributed by atoms with van der Waals surface area (Å²) in [5.41, 5.74) is 5.51. The SMILES string of the molecule is NCCCN(C1CCCCC1)S(=O)(=O)c1ncccc1F. The lowest BCUT2D eigenvalue weighted by Gasteiger charge is -2.33. The van der Waals surface area contributed by atoms with Crippen molar-refractivity contribution in [1.82, 2.24) is 9.29 Å². The first-order valence-electron chi connectivity index (χ1n) is 7.40. The molecule has 0 atom stereocenters. The molecule has 7 heteroatoms. The largest absolute Gasteiger partial charge is 0.330 e.